The summed E-state index contributed by atoms with van der Waals surface area (Å²) in [5.41, 5.74) is 0.579. The summed E-state index contributed by atoms with van der Waals surface area (Å²) in [6.07, 6.45) is 0. The van der Waals surface area contributed by atoms with Gasteiger partial charge in [-0.05, 0) is 44.5 Å². The molecule has 148 valence electrons. The van der Waals surface area contributed by atoms with Crippen LogP contribution in [0.1, 0.15) is 36.7 Å². The fraction of sp³-hybridized carbons (Fsp3) is 0.333. The highest BCUT2D eigenvalue weighted by Crippen LogP contribution is 2.36. The van der Waals surface area contributed by atoms with Crippen molar-refractivity contribution in [3.05, 3.63) is 65.7 Å². The number of sulfonamides is 1. The average molecular weight is 401 g/mol. The Kier molecular flexibility index (Phi) is 5.30. The van der Waals surface area contributed by atoms with Crippen LogP contribution in [-0.2, 0) is 21.4 Å². The second-order valence-corrected chi connectivity index (χ2v) is 9.38. The quantitative estimate of drug-likeness (QED) is 0.773. The molecule has 0 aliphatic carbocycles. The van der Waals surface area contributed by atoms with Crippen molar-refractivity contribution in [2.24, 2.45) is 5.41 Å². The van der Waals surface area contributed by atoms with Gasteiger partial charge in [0.15, 0.2) is 0 Å². The van der Waals surface area contributed by atoms with Crippen LogP contribution in [0.4, 0.5) is 5.69 Å². The molecular weight excluding hydrogens is 376 g/mol. The monoisotopic (exact) mass is 400 g/mol. The lowest BCUT2D eigenvalue weighted by molar-refractivity contribution is -0.123. The normalized spacial score (nSPS) is 17.5. The maximum atomic E-state index is 13.0. The Morgan fingerprint density at radius 3 is 2.36 bits per heavy atom. The molecule has 28 heavy (non-hydrogen) atoms. The summed E-state index contributed by atoms with van der Waals surface area (Å²) >= 11 is 0. The number of hydrogen-bond acceptors (Lipinski definition) is 4. The Hall–Kier alpha value is -2.67. The third-order valence-electron chi connectivity index (χ3n) is 4.80. The molecule has 0 atom stereocenters. The van der Waals surface area contributed by atoms with E-state index in [0.29, 0.717) is 18.7 Å². The van der Waals surface area contributed by atoms with Crippen LogP contribution in [0.25, 0.3) is 0 Å². The third-order valence-corrected chi connectivity index (χ3v) is 6.82. The molecular formula is C21H24N2O4S. The molecule has 0 radical (unpaired) electrons. The first-order valence-electron chi connectivity index (χ1n) is 9.16. The molecule has 1 aliphatic heterocycles. The van der Waals surface area contributed by atoms with Crippen molar-refractivity contribution >= 4 is 27.5 Å². The smallest absolute Gasteiger partial charge is 0.254 e. The molecule has 0 spiro atoms. The van der Waals surface area contributed by atoms with Crippen LogP contribution in [0.2, 0.25) is 0 Å². The molecule has 0 bridgehead atoms. The van der Waals surface area contributed by atoms with Crippen LogP contribution in [0, 0.1) is 5.41 Å². The van der Waals surface area contributed by atoms with Crippen molar-refractivity contribution < 1.29 is 18.0 Å². The van der Waals surface area contributed by atoms with Gasteiger partial charge in [-0.15, -0.1) is 0 Å². The molecule has 2 aromatic carbocycles. The maximum Gasteiger partial charge on any atom is 0.254 e. The van der Waals surface area contributed by atoms with E-state index in [4.69, 9.17) is 0 Å². The summed E-state index contributed by atoms with van der Waals surface area (Å²) in [5.74, 6) is -0.934. The first-order chi connectivity index (χ1) is 13.2. The number of nitrogens with zero attached hydrogens (tertiary/aromatic N) is 2. The number of benzene rings is 2. The van der Waals surface area contributed by atoms with E-state index >= 15 is 0 Å². The summed E-state index contributed by atoms with van der Waals surface area (Å²) < 4.78 is 25.9. The molecule has 1 saturated heterocycles. The zero-order chi connectivity index (χ0) is 20.5. The Morgan fingerprint density at radius 2 is 1.79 bits per heavy atom. The van der Waals surface area contributed by atoms with E-state index in [2.05, 4.69) is 0 Å². The second-order valence-electron chi connectivity index (χ2n) is 7.56. The van der Waals surface area contributed by atoms with Crippen LogP contribution < -0.4 is 4.31 Å². The molecule has 1 aliphatic rings. The van der Waals surface area contributed by atoms with Crippen molar-refractivity contribution in [3.8, 4) is 0 Å². The van der Waals surface area contributed by atoms with E-state index < -0.39 is 21.3 Å². The van der Waals surface area contributed by atoms with E-state index in [1.54, 1.807) is 36.9 Å². The zero-order valence-electron chi connectivity index (χ0n) is 16.3. The molecule has 0 saturated carbocycles. The van der Waals surface area contributed by atoms with Crippen LogP contribution in [0.5, 0.6) is 0 Å². The number of hydrogen-bond donors (Lipinski definition) is 0. The standard InChI is InChI=1S/C21H24N2O4S/c1-4-22(14-16-9-6-5-7-10-16)19(24)17-11-8-12-18(13-17)23-20(25)21(2,3)15-28(23,26)27/h5-13H,4,14-15H2,1-3H3. The molecule has 6 nitrogen and oxygen atoms in total. The molecule has 0 N–H and O–H groups in total. The van der Waals surface area contributed by atoms with Crippen LogP contribution in [0.3, 0.4) is 0 Å². The lowest BCUT2D eigenvalue weighted by Crippen LogP contribution is -2.33. The molecule has 2 amide bonds. The highest BCUT2D eigenvalue weighted by Gasteiger charge is 2.50. The van der Waals surface area contributed by atoms with Gasteiger partial charge in [-0.1, -0.05) is 36.4 Å². The van der Waals surface area contributed by atoms with Gasteiger partial charge in [-0.2, -0.15) is 0 Å². The van der Waals surface area contributed by atoms with Gasteiger partial charge in [0.1, 0.15) is 0 Å². The fourth-order valence-corrected chi connectivity index (χ4v) is 5.44. The Labute approximate surface area is 165 Å². The van der Waals surface area contributed by atoms with Crippen molar-refractivity contribution in [3.63, 3.8) is 0 Å². The van der Waals surface area contributed by atoms with Gasteiger partial charge in [0.2, 0.25) is 15.9 Å². The van der Waals surface area contributed by atoms with Gasteiger partial charge in [-0.3, -0.25) is 9.59 Å². The summed E-state index contributed by atoms with van der Waals surface area (Å²) in [7, 11) is -3.75. The van der Waals surface area contributed by atoms with Crippen LogP contribution >= 0.6 is 0 Å². The van der Waals surface area contributed by atoms with Gasteiger partial charge in [0.25, 0.3) is 5.91 Å². The molecule has 1 fully saturated rings. The number of carbonyl (C=O) groups is 2. The minimum absolute atomic E-state index is 0.206. The third kappa shape index (κ3) is 3.80. The van der Waals surface area contributed by atoms with Gasteiger partial charge in [-0.25, -0.2) is 12.7 Å². The summed E-state index contributed by atoms with van der Waals surface area (Å²) in [4.78, 5) is 27.3. The van der Waals surface area contributed by atoms with E-state index in [-0.39, 0.29) is 17.3 Å². The maximum absolute atomic E-state index is 13.0. The van der Waals surface area contributed by atoms with Crippen molar-refractivity contribution in [1.82, 2.24) is 4.90 Å². The Balaban J connectivity index is 1.90. The fourth-order valence-electron chi connectivity index (χ4n) is 3.34. The van der Waals surface area contributed by atoms with Crippen LogP contribution in [0.15, 0.2) is 54.6 Å². The minimum Gasteiger partial charge on any atom is -0.335 e. The van der Waals surface area contributed by atoms with Crippen molar-refractivity contribution in [1.29, 1.82) is 0 Å². The molecule has 1 heterocycles. The Bertz CT molecular complexity index is 1000. The highest BCUT2D eigenvalue weighted by molar-refractivity contribution is 7.94. The summed E-state index contributed by atoms with van der Waals surface area (Å²) in [5, 5.41) is 0. The summed E-state index contributed by atoms with van der Waals surface area (Å²) in [6.45, 7) is 6.07. The van der Waals surface area contributed by atoms with E-state index in [1.807, 2.05) is 37.3 Å². The summed E-state index contributed by atoms with van der Waals surface area (Å²) in [6, 6.07) is 15.9. The predicted molar refractivity (Wildman–Crippen MR) is 108 cm³/mol. The topological polar surface area (TPSA) is 74.8 Å². The average Bonchev–Trinajstić information content (AvgIpc) is 2.82. The number of carbonyl (C=O) groups excluding carboxylic acids is 2. The van der Waals surface area contributed by atoms with Gasteiger partial charge in [0, 0.05) is 18.7 Å². The molecule has 0 unspecified atom stereocenters. The Morgan fingerprint density at radius 1 is 1.11 bits per heavy atom. The van der Waals surface area contributed by atoms with Crippen molar-refractivity contribution in [2.75, 3.05) is 16.6 Å². The number of amides is 2. The van der Waals surface area contributed by atoms with Crippen LogP contribution in [-0.4, -0.2) is 37.4 Å². The molecule has 0 aromatic heterocycles. The van der Waals surface area contributed by atoms with E-state index in [0.717, 1.165) is 9.87 Å². The van der Waals surface area contributed by atoms with E-state index in [9.17, 15) is 18.0 Å². The number of rotatable bonds is 5. The molecule has 3 rings (SSSR count). The van der Waals surface area contributed by atoms with Gasteiger partial charge >= 0.3 is 0 Å². The number of anilines is 1. The molecule has 2 aromatic rings. The highest BCUT2D eigenvalue weighted by atomic mass is 32.2. The molecule has 7 heteroatoms. The minimum atomic E-state index is -3.75. The second kappa shape index (κ2) is 7.39. The predicted octanol–water partition coefficient (Wildman–Crippen LogP) is 3.05. The lowest BCUT2D eigenvalue weighted by Gasteiger charge is -2.22. The largest absolute Gasteiger partial charge is 0.335 e. The lowest BCUT2D eigenvalue weighted by atomic mass is 9.95. The van der Waals surface area contributed by atoms with Gasteiger partial charge < -0.3 is 4.90 Å². The first-order valence-corrected chi connectivity index (χ1v) is 10.8. The SMILES string of the molecule is CCN(Cc1ccccc1)C(=O)c1cccc(N2C(=O)C(C)(C)CS2(=O)=O)c1. The van der Waals surface area contributed by atoms with E-state index in [1.165, 1.54) is 6.07 Å². The first kappa shape index (κ1) is 20.1. The van der Waals surface area contributed by atoms with Crippen molar-refractivity contribution in [2.45, 2.75) is 27.3 Å². The zero-order valence-corrected chi connectivity index (χ0v) is 17.1. The van der Waals surface area contributed by atoms with Gasteiger partial charge in [0.05, 0.1) is 16.9 Å².